The van der Waals surface area contributed by atoms with E-state index in [1.54, 1.807) is 12.5 Å². The van der Waals surface area contributed by atoms with E-state index in [1.807, 2.05) is 42.8 Å². The lowest BCUT2D eigenvalue weighted by Crippen LogP contribution is -2.08. The van der Waals surface area contributed by atoms with E-state index in [2.05, 4.69) is 4.98 Å². The van der Waals surface area contributed by atoms with Gasteiger partial charge in [0, 0.05) is 18.7 Å². The molecule has 0 aliphatic carbocycles. The number of imidazole rings is 1. The zero-order chi connectivity index (χ0) is 12.3. The van der Waals surface area contributed by atoms with Gasteiger partial charge in [-0.3, -0.25) is 0 Å². The van der Waals surface area contributed by atoms with Gasteiger partial charge in [-0.2, -0.15) is 0 Å². The topological polar surface area (TPSA) is 53.1 Å². The van der Waals surface area contributed by atoms with Crippen LogP contribution in [0.3, 0.4) is 0 Å². The molecule has 0 bridgehead atoms. The molecule has 1 aromatic carbocycles. The average Bonchev–Trinajstić information content (AvgIpc) is 2.72. The summed E-state index contributed by atoms with van der Waals surface area (Å²) in [4.78, 5) is 4.05. The molecule has 0 radical (unpaired) electrons. The predicted molar refractivity (Wildman–Crippen MR) is 66.6 cm³/mol. The van der Waals surface area contributed by atoms with E-state index < -0.39 is 0 Å². The molecule has 2 N–H and O–H groups in total. The van der Waals surface area contributed by atoms with Crippen LogP contribution in [0.1, 0.15) is 24.2 Å². The second-order valence-corrected chi connectivity index (χ2v) is 4.11. The number of para-hydroxylation sites is 1. The monoisotopic (exact) mass is 231 g/mol. The highest BCUT2D eigenvalue weighted by atomic mass is 16.5. The molecule has 0 aliphatic rings. The predicted octanol–water partition coefficient (Wildman–Crippen LogP) is 2.02. The zero-order valence-corrected chi connectivity index (χ0v) is 10.1. The summed E-state index contributed by atoms with van der Waals surface area (Å²) in [5.41, 5.74) is 7.95. The quantitative estimate of drug-likeness (QED) is 0.875. The molecule has 1 unspecified atom stereocenters. The second kappa shape index (κ2) is 5.01. The molecule has 0 saturated carbocycles. The van der Waals surface area contributed by atoms with Gasteiger partial charge < -0.3 is 15.0 Å². The van der Waals surface area contributed by atoms with Crippen molar-refractivity contribution in [3.63, 3.8) is 0 Å². The van der Waals surface area contributed by atoms with Gasteiger partial charge in [-0.15, -0.1) is 0 Å². The maximum absolute atomic E-state index is 5.90. The maximum Gasteiger partial charge on any atom is 0.130 e. The van der Waals surface area contributed by atoms with Crippen molar-refractivity contribution in [3.8, 4) is 5.75 Å². The zero-order valence-electron chi connectivity index (χ0n) is 10.1. The summed E-state index contributed by atoms with van der Waals surface area (Å²) >= 11 is 0. The highest BCUT2D eigenvalue weighted by Gasteiger charge is 2.07. The third kappa shape index (κ3) is 2.65. The number of aryl methyl sites for hydroxylation is 1. The van der Waals surface area contributed by atoms with E-state index in [-0.39, 0.29) is 6.04 Å². The molecule has 2 rings (SSSR count). The molecule has 0 fully saturated rings. The SMILES string of the molecule is CC(N)c1ccccc1OCc1cncn1C. The molecule has 0 saturated heterocycles. The van der Waals surface area contributed by atoms with E-state index >= 15 is 0 Å². The normalized spacial score (nSPS) is 12.4. The maximum atomic E-state index is 5.90. The van der Waals surface area contributed by atoms with Crippen molar-refractivity contribution in [2.75, 3.05) is 0 Å². The summed E-state index contributed by atoms with van der Waals surface area (Å²) in [5.74, 6) is 0.837. The number of nitrogens with zero attached hydrogens (tertiary/aromatic N) is 2. The summed E-state index contributed by atoms with van der Waals surface area (Å²) in [6.45, 7) is 2.45. The van der Waals surface area contributed by atoms with Crippen molar-refractivity contribution < 1.29 is 4.74 Å². The van der Waals surface area contributed by atoms with Crippen LogP contribution in [0.4, 0.5) is 0 Å². The summed E-state index contributed by atoms with van der Waals surface area (Å²) in [7, 11) is 1.95. The number of rotatable bonds is 4. The van der Waals surface area contributed by atoms with Crippen LogP contribution in [0.15, 0.2) is 36.8 Å². The Morgan fingerprint density at radius 3 is 2.82 bits per heavy atom. The van der Waals surface area contributed by atoms with Crippen LogP contribution in [0.2, 0.25) is 0 Å². The Kier molecular flexibility index (Phi) is 3.44. The fraction of sp³-hybridized carbons (Fsp3) is 0.308. The second-order valence-electron chi connectivity index (χ2n) is 4.11. The Morgan fingerprint density at radius 2 is 2.18 bits per heavy atom. The molecular weight excluding hydrogens is 214 g/mol. The van der Waals surface area contributed by atoms with Gasteiger partial charge in [0.2, 0.25) is 0 Å². The Bertz CT molecular complexity index is 491. The average molecular weight is 231 g/mol. The highest BCUT2D eigenvalue weighted by molar-refractivity contribution is 5.35. The van der Waals surface area contributed by atoms with Gasteiger partial charge in [0.1, 0.15) is 12.4 Å². The Balaban J connectivity index is 2.11. The first-order valence-corrected chi connectivity index (χ1v) is 5.61. The number of hydrogen-bond donors (Lipinski definition) is 1. The Hall–Kier alpha value is -1.81. The van der Waals surface area contributed by atoms with E-state index in [9.17, 15) is 0 Å². The van der Waals surface area contributed by atoms with Gasteiger partial charge in [0.15, 0.2) is 0 Å². The highest BCUT2D eigenvalue weighted by Crippen LogP contribution is 2.23. The van der Waals surface area contributed by atoms with E-state index in [1.165, 1.54) is 0 Å². The van der Waals surface area contributed by atoms with Gasteiger partial charge >= 0.3 is 0 Å². The fourth-order valence-corrected chi connectivity index (χ4v) is 1.66. The van der Waals surface area contributed by atoms with Crippen molar-refractivity contribution >= 4 is 0 Å². The molecule has 2 aromatic rings. The lowest BCUT2D eigenvalue weighted by Gasteiger charge is -2.13. The first-order valence-electron chi connectivity index (χ1n) is 5.61. The minimum absolute atomic E-state index is 0.0299. The van der Waals surface area contributed by atoms with Gasteiger partial charge in [-0.25, -0.2) is 4.98 Å². The number of aromatic nitrogens is 2. The minimum atomic E-state index is -0.0299. The lowest BCUT2D eigenvalue weighted by atomic mass is 10.1. The van der Waals surface area contributed by atoms with Crippen molar-refractivity contribution in [2.24, 2.45) is 12.8 Å². The number of nitrogens with two attached hydrogens (primary N) is 1. The molecule has 4 nitrogen and oxygen atoms in total. The molecule has 0 aliphatic heterocycles. The van der Waals surface area contributed by atoms with Gasteiger partial charge in [0.05, 0.1) is 18.2 Å². The van der Waals surface area contributed by atoms with E-state index in [4.69, 9.17) is 10.5 Å². The first kappa shape index (κ1) is 11.7. The standard InChI is InChI=1S/C13H17N3O/c1-10(14)12-5-3-4-6-13(12)17-8-11-7-15-9-16(11)2/h3-7,9-10H,8,14H2,1-2H3. The third-order valence-electron chi connectivity index (χ3n) is 2.70. The van der Waals surface area contributed by atoms with Gasteiger partial charge in [-0.05, 0) is 13.0 Å². The summed E-state index contributed by atoms with van der Waals surface area (Å²) in [6.07, 6.45) is 3.56. The molecule has 0 amide bonds. The van der Waals surface area contributed by atoms with Crippen LogP contribution in [-0.2, 0) is 13.7 Å². The molecule has 4 heteroatoms. The molecule has 1 atom stereocenters. The Morgan fingerprint density at radius 1 is 1.41 bits per heavy atom. The summed E-state index contributed by atoms with van der Waals surface area (Å²) in [6, 6.07) is 7.82. The fourth-order valence-electron chi connectivity index (χ4n) is 1.66. The molecule has 0 spiro atoms. The van der Waals surface area contributed by atoms with E-state index in [0.29, 0.717) is 6.61 Å². The van der Waals surface area contributed by atoms with Crippen LogP contribution in [0.5, 0.6) is 5.75 Å². The summed E-state index contributed by atoms with van der Waals surface area (Å²) < 4.78 is 7.72. The van der Waals surface area contributed by atoms with Crippen LogP contribution < -0.4 is 10.5 Å². The number of hydrogen-bond acceptors (Lipinski definition) is 3. The minimum Gasteiger partial charge on any atom is -0.487 e. The first-order chi connectivity index (χ1) is 8.18. The third-order valence-corrected chi connectivity index (χ3v) is 2.70. The molecule has 1 aromatic heterocycles. The lowest BCUT2D eigenvalue weighted by molar-refractivity contribution is 0.292. The van der Waals surface area contributed by atoms with Gasteiger partial charge in [-0.1, -0.05) is 18.2 Å². The molecule has 1 heterocycles. The van der Waals surface area contributed by atoms with Crippen LogP contribution in [-0.4, -0.2) is 9.55 Å². The number of benzene rings is 1. The molecule has 90 valence electrons. The molecular formula is C13H17N3O. The van der Waals surface area contributed by atoms with Gasteiger partial charge in [0.25, 0.3) is 0 Å². The van der Waals surface area contributed by atoms with Crippen molar-refractivity contribution in [2.45, 2.75) is 19.6 Å². The van der Waals surface area contributed by atoms with Crippen LogP contribution in [0, 0.1) is 0 Å². The molecule has 17 heavy (non-hydrogen) atoms. The number of ether oxygens (including phenoxy) is 1. The summed E-state index contributed by atoms with van der Waals surface area (Å²) in [5, 5.41) is 0. The smallest absolute Gasteiger partial charge is 0.130 e. The van der Waals surface area contributed by atoms with Crippen LogP contribution >= 0.6 is 0 Å². The van der Waals surface area contributed by atoms with Crippen molar-refractivity contribution in [1.29, 1.82) is 0 Å². The van der Waals surface area contributed by atoms with Crippen molar-refractivity contribution in [3.05, 3.63) is 48.0 Å². The Labute approximate surface area is 101 Å². The van der Waals surface area contributed by atoms with Crippen molar-refractivity contribution in [1.82, 2.24) is 9.55 Å². The largest absolute Gasteiger partial charge is 0.487 e. The van der Waals surface area contributed by atoms with Crippen LogP contribution in [0.25, 0.3) is 0 Å². The van der Waals surface area contributed by atoms with E-state index in [0.717, 1.165) is 17.0 Å².